The van der Waals surface area contributed by atoms with Crippen molar-refractivity contribution < 1.29 is 9.90 Å². The molecule has 0 radical (unpaired) electrons. The summed E-state index contributed by atoms with van der Waals surface area (Å²) in [6.07, 6.45) is 3.18. The first-order valence-electron chi connectivity index (χ1n) is 5.80. The number of aryl methyl sites for hydroxylation is 1. The Bertz CT molecular complexity index is 772. The highest BCUT2D eigenvalue weighted by molar-refractivity contribution is 5.90. The van der Waals surface area contributed by atoms with Gasteiger partial charge in [-0.2, -0.15) is 5.10 Å². The van der Waals surface area contributed by atoms with Crippen molar-refractivity contribution in [3.05, 3.63) is 54.0 Å². The molecule has 0 fully saturated rings. The summed E-state index contributed by atoms with van der Waals surface area (Å²) < 4.78 is 1.52. The smallest absolute Gasteiger partial charge is 0.339 e. The van der Waals surface area contributed by atoms with Gasteiger partial charge in [0.2, 0.25) is 0 Å². The quantitative estimate of drug-likeness (QED) is 0.761. The third-order valence-electron chi connectivity index (χ3n) is 3.00. The van der Waals surface area contributed by atoms with E-state index in [1.54, 1.807) is 13.1 Å². The van der Waals surface area contributed by atoms with Crippen molar-refractivity contribution in [2.45, 2.75) is 6.92 Å². The molecule has 2 aromatic heterocycles. The van der Waals surface area contributed by atoms with Gasteiger partial charge in [-0.3, -0.25) is 0 Å². The molecular weight excluding hydrogens is 242 g/mol. The first-order chi connectivity index (χ1) is 9.16. The molecule has 1 N–H and O–H groups in total. The molecule has 0 atom stereocenters. The van der Waals surface area contributed by atoms with Crippen LogP contribution in [0.4, 0.5) is 0 Å². The van der Waals surface area contributed by atoms with Crippen molar-refractivity contribution in [1.29, 1.82) is 0 Å². The van der Waals surface area contributed by atoms with E-state index in [9.17, 15) is 4.79 Å². The molecule has 3 aromatic rings. The molecule has 19 heavy (non-hydrogen) atoms. The van der Waals surface area contributed by atoms with Gasteiger partial charge in [0.1, 0.15) is 5.56 Å². The molecule has 5 heteroatoms. The van der Waals surface area contributed by atoms with E-state index in [0.717, 1.165) is 10.8 Å². The Morgan fingerprint density at radius 3 is 2.79 bits per heavy atom. The number of nitrogens with zero attached hydrogens (tertiary/aromatic N) is 3. The van der Waals surface area contributed by atoms with Crippen LogP contribution in [0.3, 0.4) is 0 Å². The number of fused-ring (bicyclic) bond motifs is 1. The lowest BCUT2D eigenvalue weighted by Gasteiger charge is -2.04. The van der Waals surface area contributed by atoms with Crippen LogP contribution in [0.15, 0.2) is 42.7 Å². The summed E-state index contributed by atoms with van der Waals surface area (Å²) >= 11 is 0. The zero-order valence-electron chi connectivity index (χ0n) is 10.2. The summed E-state index contributed by atoms with van der Waals surface area (Å²) in [5, 5.41) is 15.3. The van der Waals surface area contributed by atoms with Gasteiger partial charge >= 0.3 is 5.97 Å². The number of pyridine rings is 1. The third-order valence-corrected chi connectivity index (χ3v) is 3.00. The molecule has 0 saturated carbocycles. The van der Waals surface area contributed by atoms with Gasteiger partial charge in [0, 0.05) is 17.8 Å². The number of carboxylic acids is 1. The first-order valence-corrected chi connectivity index (χ1v) is 5.80. The summed E-state index contributed by atoms with van der Waals surface area (Å²) in [4.78, 5) is 15.4. The molecule has 0 saturated heterocycles. The number of benzene rings is 1. The average molecular weight is 253 g/mol. The number of hydrogen-bond acceptors (Lipinski definition) is 3. The molecule has 3 rings (SSSR count). The van der Waals surface area contributed by atoms with Crippen LogP contribution in [0.25, 0.3) is 16.6 Å². The Hall–Kier alpha value is -2.69. The number of carbonyl (C=O) groups is 1. The SMILES string of the molecule is Cc1nn(-c2nccc3ccccc23)cc1C(=O)O. The van der Waals surface area contributed by atoms with Crippen molar-refractivity contribution in [2.24, 2.45) is 0 Å². The fraction of sp³-hybridized carbons (Fsp3) is 0.0714. The van der Waals surface area contributed by atoms with Crippen LogP contribution in [0, 0.1) is 6.92 Å². The standard InChI is InChI=1S/C14H11N3O2/c1-9-12(14(18)19)8-17(16-9)13-11-5-3-2-4-10(11)6-7-15-13/h2-8H,1H3,(H,18,19). The van der Waals surface area contributed by atoms with Crippen LogP contribution >= 0.6 is 0 Å². The molecule has 94 valence electrons. The van der Waals surface area contributed by atoms with Crippen LogP contribution in [0.1, 0.15) is 16.1 Å². The van der Waals surface area contributed by atoms with Gasteiger partial charge < -0.3 is 5.11 Å². The van der Waals surface area contributed by atoms with Crippen LogP contribution in [-0.4, -0.2) is 25.8 Å². The van der Waals surface area contributed by atoms with Crippen molar-refractivity contribution in [2.75, 3.05) is 0 Å². The van der Waals surface area contributed by atoms with E-state index in [1.165, 1.54) is 10.9 Å². The van der Waals surface area contributed by atoms with Crippen LogP contribution in [0.5, 0.6) is 0 Å². The first kappa shape index (κ1) is 11.4. The molecule has 0 amide bonds. The molecule has 1 aromatic carbocycles. The number of carboxylic acid groups (broad SMARTS) is 1. The van der Waals surface area contributed by atoms with E-state index in [-0.39, 0.29) is 5.56 Å². The highest BCUT2D eigenvalue weighted by Crippen LogP contribution is 2.20. The summed E-state index contributed by atoms with van der Waals surface area (Å²) in [5.74, 6) is -0.349. The largest absolute Gasteiger partial charge is 0.478 e. The summed E-state index contributed by atoms with van der Waals surface area (Å²) in [7, 11) is 0. The minimum atomic E-state index is -0.982. The van der Waals surface area contributed by atoms with Gasteiger partial charge in [0.15, 0.2) is 5.82 Å². The Morgan fingerprint density at radius 1 is 1.26 bits per heavy atom. The normalized spacial score (nSPS) is 10.8. The number of rotatable bonds is 2. The monoisotopic (exact) mass is 253 g/mol. The average Bonchev–Trinajstić information content (AvgIpc) is 2.80. The van der Waals surface area contributed by atoms with E-state index in [0.29, 0.717) is 11.5 Å². The molecule has 0 aliphatic carbocycles. The Morgan fingerprint density at radius 2 is 2.05 bits per heavy atom. The van der Waals surface area contributed by atoms with Crippen LogP contribution in [-0.2, 0) is 0 Å². The van der Waals surface area contributed by atoms with E-state index < -0.39 is 5.97 Å². The molecule has 5 nitrogen and oxygen atoms in total. The predicted octanol–water partition coefficient (Wildman–Crippen LogP) is 2.43. The molecular formula is C14H11N3O2. The molecule has 2 heterocycles. The maximum atomic E-state index is 11.1. The second-order valence-corrected chi connectivity index (χ2v) is 4.23. The fourth-order valence-electron chi connectivity index (χ4n) is 2.06. The number of aromatic nitrogens is 3. The predicted molar refractivity (Wildman–Crippen MR) is 70.6 cm³/mol. The Kier molecular flexibility index (Phi) is 2.52. The van der Waals surface area contributed by atoms with Gasteiger partial charge in [-0.1, -0.05) is 24.3 Å². The maximum Gasteiger partial charge on any atom is 0.339 e. The van der Waals surface area contributed by atoms with Crippen molar-refractivity contribution in [1.82, 2.24) is 14.8 Å². The third kappa shape index (κ3) is 1.85. The summed E-state index contributed by atoms with van der Waals surface area (Å²) in [6.45, 7) is 1.67. The second kappa shape index (κ2) is 4.20. The van der Waals surface area contributed by atoms with Crippen molar-refractivity contribution in [3.63, 3.8) is 0 Å². The minimum absolute atomic E-state index is 0.190. The molecule has 0 unspecified atom stereocenters. The summed E-state index contributed by atoms with van der Waals surface area (Å²) in [6, 6.07) is 9.70. The van der Waals surface area contributed by atoms with E-state index in [2.05, 4.69) is 10.1 Å². The van der Waals surface area contributed by atoms with Crippen molar-refractivity contribution >= 4 is 16.7 Å². The van der Waals surface area contributed by atoms with Gasteiger partial charge in [-0.05, 0) is 18.4 Å². The highest BCUT2D eigenvalue weighted by Gasteiger charge is 2.14. The van der Waals surface area contributed by atoms with Gasteiger partial charge in [0.05, 0.1) is 5.69 Å². The van der Waals surface area contributed by atoms with Gasteiger partial charge in [-0.15, -0.1) is 0 Å². The van der Waals surface area contributed by atoms with E-state index in [4.69, 9.17) is 5.11 Å². The van der Waals surface area contributed by atoms with Gasteiger partial charge in [-0.25, -0.2) is 14.5 Å². The highest BCUT2D eigenvalue weighted by atomic mass is 16.4. The van der Waals surface area contributed by atoms with E-state index >= 15 is 0 Å². The van der Waals surface area contributed by atoms with E-state index in [1.807, 2.05) is 30.3 Å². The molecule has 0 aliphatic rings. The Labute approximate surface area is 109 Å². The zero-order valence-corrected chi connectivity index (χ0v) is 10.2. The van der Waals surface area contributed by atoms with Crippen LogP contribution in [0.2, 0.25) is 0 Å². The lowest BCUT2D eigenvalue weighted by Crippen LogP contribution is -1.99. The lowest BCUT2D eigenvalue weighted by atomic mass is 10.1. The fourth-order valence-corrected chi connectivity index (χ4v) is 2.06. The molecule has 0 spiro atoms. The van der Waals surface area contributed by atoms with Crippen molar-refractivity contribution in [3.8, 4) is 5.82 Å². The minimum Gasteiger partial charge on any atom is -0.478 e. The second-order valence-electron chi connectivity index (χ2n) is 4.23. The maximum absolute atomic E-state index is 11.1. The molecule has 0 bridgehead atoms. The Balaban J connectivity index is 2.25. The topological polar surface area (TPSA) is 68.0 Å². The van der Waals surface area contributed by atoms with Crippen LogP contribution < -0.4 is 0 Å². The zero-order chi connectivity index (χ0) is 13.4. The van der Waals surface area contributed by atoms with Gasteiger partial charge in [0.25, 0.3) is 0 Å². The number of hydrogen-bond donors (Lipinski definition) is 1. The molecule has 0 aliphatic heterocycles. The lowest BCUT2D eigenvalue weighted by molar-refractivity contribution is 0.0696. The number of aromatic carboxylic acids is 1. The summed E-state index contributed by atoms with van der Waals surface area (Å²) in [5.41, 5.74) is 0.664.